The number of carboxylic acids is 1. The van der Waals surface area contributed by atoms with Crippen LogP contribution in [0.25, 0.3) is 11.1 Å². The Bertz CT molecular complexity index is 5370. The maximum absolute atomic E-state index is 13.4. The van der Waals surface area contributed by atoms with Gasteiger partial charge < -0.3 is 98.3 Å². The molecule has 0 radical (unpaired) electrons. The normalized spacial score (nSPS) is 11.4. The van der Waals surface area contributed by atoms with Crippen LogP contribution in [-0.4, -0.2) is 117 Å². The number of aromatic nitrogens is 4. The number of carbonyl (C=O) groups is 5. The van der Waals surface area contributed by atoms with Gasteiger partial charge in [-0.25, -0.2) is 14.4 Å². The SMILES string of the molecule is CCOC(=O)C[C@H](N)c1cccc(OCC)c1.CCOC(=O)C[C@H](NC(=O)Nc1c(O)c(C)cn(Cc2c(Cl)cccc2OCC)c1=O)c1cccc(OCC)c1.CCOc1cccc(Cl)c1Cn1cc(C)c2oc(=O)[nH]c2c1=O.CCOc1cccc([C@H](CC(=O)O)NC(=O)Nc2c(O)c(C)cn(Cc3c(Cl)cccc3OCC)c2=O)c1. The van der Waals surface area contributed by atoms with Crippen LogP contribution in [0.15, 0.2) is 170 Å². The largest absolute Gasteiger partial charge is 0.505 e. The van der Waals surface area contributed by atoms with Crippen molar-refractivity contribution >= 4 is 87.2 Å². The molecule has 0 unspecified atom stereocenters. The van der Waals surface area contributed by atoms with E-state index in [9.17, 15) is 58.5 Å². The first kappa shape index (κ1) is 92.8. The standard InChI is InChI=1S/C29H34ClN3O7.C27H30ClN3O7.C16H15ClN2O4.C13H19NO3/c1-5-38-20-11-8-10-19(14-20)23(15-25(34)40-7-3)31-29(37)32-26-27(35)18(4)16-33(28(26)36)17-21-22(30)12-9-13-24(21)39-6-2;1-4-37-18-9-6-8-17(12-18)21(13-23(32)33)29-27(36)30-24-25(34)16(3)14-31(26(24)35)15-19-20(28)10-7-11-22(19)38-5-2;1-3-22-12-6-4-5-11(17)10(12)8-19-7-9(2)14-13(15(19)20)18-16(21)23-14;1-3-16-11-7-5-6-10(8-11)12(14)9-13(15)17-4-2/h8-14,16,23,35H,5-7,15,17H2,1-4H3,(H2,31,32,37);6-12,14,21,34H,4-5,13,15H2,1-3H3,(H,32,33)(H2,29,30,36);4-7H,3,8H2,1-2H3,(H,18,21);5-8,12H,3-4,9,14H2,1-2H3/t23-;21-;;12-/m00.0/s1. The fourth-order valence-corrected chi connectivity index (χ4v) is 12.7. The van der Waals surface area contributed by atoms with Gasteiger partial charge in [-0.2, -0.15) is 0 Å². The molecular formula is C85H98Cl3N9O21. The molecule has 4 aromatic heterocycles. The number of H-pyrrole nitrogens is 1. The fourth-order valence-electron chi connectivity index (χ4n) is 12.1. The number of aryl methyl sites for hydroxylation is 3. The zero-order valence-electron chi connectivity index (χ0n) is 67.2. The Labute approximate surface area is 695 Å². The molecule has 10 N–H and O–H groups in total. The second-order valence-corrected chi connectivity index (χ2v) is 27.1. The lowest BCUT2D eigenvalue weighted by Gasteiger charge is -2.20. The first-order chi connectivity index (χ1) is 56.5. The number of nitrogens with two attached hydrogens (primary N) is 1. The monoisotopic (exact) mass is 1690 g/mol. The number of oxazole rings is 1. The molecular weight excluding hydrogens is 1590 g/mol. The molecule has 30 nitrogen and oxygen atoms in total. The van der Waals surface area contributed by atoms with E-state index in [1.165, 1.54) is 26.1 Å². The van der Waals surface area contributed by atoms with Crippen LogP contribution < -0.4 is 77.9 Å². The van der Waals surface area contributed by atoms with E-state index in [-0.39, 0.29) is 84.9 Å². The molecule has 0 aliphatic heterocycles. The molecule has 0 aliphatic carbocycles. The third-order valence-electron chi connectivity index (χ3n) is 17.4. The summed E-state index contributed by atoms with van der Waals surface area (Å²) in [4.78, 5) is 114. The molecule has 3 atom stereocenters. The molecule has 6 aromatic carbocycles. The van der Waals surface area contributed by atoms with Crippen molar-refractivity contribution in [2.45, 2.75) is 133 Å². The van der Waals surface area contributed by atoms with Crippen LogP contribution in [-0.2, 0) is 43.5 Å². The van der Waals surface area contributed by atoms with Crippen molar-refractivity contribution in [1.29, 1.82) is 0 Å². The summed E-state index contributed by atoms with van der Waals surface area (Å²) in [6.45, 7) is 23.2. The Morgan fingerprint density at radius 2 is 0.805 bits per heavy atom. The van der Waals surface area contributed by atoms with Crippen LogP contribution in [0.3, 0.4) is 0 Å². The molecule has 118 heavy (non-hydrogen) atoms. The smallest absolute Gasteiger partial charge is 0.417 e. The number of aromatic hydroxyl groups is 2. The number of aromatic amines is 1. The van der Waals surface area contributed by atoms with Crippen molar-refractivity contribution in [2.75, 3.05) is 63.5 Å². The maximum Gasteiger partial charge on any atom is 0.417 e. The summed E-state index contributed by atoms with van der Waals surface area (Å²) in [6.07, 6.45) is 4.17. The van der Waals surface area contributed by atoms with E-state index >= 15 is 0 Å². The number of benzene rings is 6. The minimum Gasteiger partial charge on any atom is -0.505 e. The van der Waals surface area contributed by atoms with Gasteiger partial charge in [-0.05, 0) is 166 Å². The quantitative estimate of drug-likeness (QED) is 0.0172. The molecule has 0 fully saturated rings. The minimum atomic E-state index is -1.14. The number of hydrogen-bond donors (Lipinski definition) is 9. The van der Waals surface area contributed by atoms with Crippen LogP contribution >= 0.6 is 34.8 Å². The summed E-state index contributed by atoms with van der Waals surface area (Å²) in [5.41, 5.74) is 9.21. The van der Waals surface area contributed by atoms with Crippen LogP contribution in [0.5, 0.6) is 46.0 Å². The molecule has 10 rings (SSSR count). The van der Waals surface area contributed by atoms with E-state index in [0.717, 1.165) is 11.3 Å². The van der Waals surface area contributed by atoms with E-state index in [1.54, 1.807) is 144 Å². The molecule has 10 aromatic rings. The molecule has 0 saturated carbocycles. The Morgan fingerprint density at radius 3 is 1.19 bits per heavy atom. The number of nitrogens with one attached hydrogen (secondary N) is 5. The summed E-state index contributed by atoms with van der Waals surface area (Å²) in [5, 5.41) is 42.1. The average molecular weight is 1690 g/mol. The number of ether oxygens (including phenoxy) is 8. The number of aliphatic carboxylic acids is 1. The number of carboxylic acid groups (broad SMARTS) is 1. The summed E-state index contributed by atoms with van der Waals surface area (Å²) < 4.78 is 52.3. The van der Waals surface area contributed by atoms with Crippen molar-refractivity contribution in [1.82, 2.24) is 29.3 Å². The molecule has 0 bridgehead atoms. The fraction of sp³-hybridized carbons (Fsp3) is 0.329. The molecule has 4 amide bonds. The molecule has 0 spiro atoms. The van der Waals surface area contributed by atoms with Gasteiger partial charge >= 0.3 is 35.7 Å². The highest BCUT2D eigenvalue weighted by Crippen LogP contribution is 2.34. The molecule has 33 heteroatoms. The number of urea groups is 2. The summed E-state index contributed by atoms with van der Waals surface area (Å²) in [7, 11) is 0. The second-order valence-electron chi connectivity index (χ2n) is 25.9. The first-order valence-electron chi connectivity index (χ1n) is 37.9. The topological polar surface area (TPSA) is 406 Å². The van der Waals surface area contributed by atoms with Crippen molar-refractivity contribution < 1.29 is 81.6 Å². The van der Waals surface area contributed by atoms with Gasteiger partial charge in [-0.1, -0.05) is 89.4 Å². The van der Waals surface area contributed by atoms with Crippen molar-refractivity contribution in [3.8, 4) is 46.0 Å². The average Bonchev–Trinajstić information content (AvgIpc) is 1.54. The van der Waals surface area contributed by atoms with Gasteiger partial charge in [0.1, 0.15) is 46.0 Å². The van der Waals surface area contributed by atoms with E-state index in [4.69, 9.17) is 82.8 Å². The van der Waals surface area contributed by atoms with Crippen LogP contribution in [0, 0.1) is 20.8 Å². The number of rotatable bonds is 33. The highest BCUT2D eigenvalue weighted by molar-refractivity contribution is 6.32. The van der Waals surface area contributed by atoms with Gasteiger partial charge in [0.25, 0.3) is 16.7 Å². The van der Waals surface area contributed by atoms with Gasteiger partial charge in [0.2, 0.25) is 0 Å². The summed E-state index contributed by atoms with van der Waals surface area (Å²) in [6, 6.07) is 33.0. The molecule has 0 aliphatic rings. The summed E-state index contributed by atoms with van der Waals surface area (Å²) in [5.74, 6) is 0.172. The lowest BCUT2D eigenvalue weighted by Crippen LogP contribution is -2.36. The number of halogens is 3. The Hall–Kier alpha value is -12.4. The van der Waals surface area contributed by atoms with Crippen LogP contribution in [0.4, 0.5) is 21.0 Å². The van der Waals surface area contributed by atoms with Gasteiger partial charge in [-0.3, -0.25) is 33.8 Å². The number of amides is 4. The lowest BCUT2D eigenvalue weighted by atomic mass is 10.0. The van der Waals surface area contributed by atoms with E-state index < -0.39 is 65.1 Å². The number of pyridine rings is 3. The van der Waals surface area contributed by atoms with Gasteiger partial charge in [0.15, 0.2) is 22.5 Å². The Balaban J connectivity index is 0.000000228. The number of carbonyl (C=O) groups excluding carboxylic acids is 4. The maximum atomic E-state index is 13.4. The number of nitrogens with zero attached hydrogens (tertiary/aromatic N) is 3. The third kappa shape index (κ3) is 26.3. The van der Waals surface area contributed by atoms with Crippen molar-refractivity contribution in [2.24, 2.45) is 5.73 Å². The van der Waals surface area contributed by atoms with Crippen molar-refractivity contribution in [3.05, 3.63) is 253 Å². The number of fused-ring (bicyclic) bond motifs is 1. The third-order valence-corrected chi connectivity index (χ3v) is 18.4. The van der Waals surface area contributed by atoms with E-state index in [1.807, 2.05) is 65.8 Å². The molecule has 4 heterocycles. The Morgan fingerprint density at radius 1 is 0.458 bits per heavy atom. The lowest BCUT2D eigenvalue weighted by molar-refractivity contribution is -0.144. The van der Waals surface area contributed by atoms with Crippen LogP contribution in [0.2, 0.25) is 15.1 Å². The zero-order valence-corrected chi connectivity index (χ0v) is 69.5. The van der Waals surface area contributed by atoms with E-state index in [0.29, 0.717) is 135 Å². The predicted octanol–water partition coefficient (Wildman–Crippen LogP) is 14.6. The van der Waals surface area contributed by atoms with Gasteiger partial charge in [0, 0.05) is 73.1 Å². The summed E-state index contributed by atoms with van der Waals surface area (Å²) >= 11 is 19.0. The minimum absolute atomic E-state index is 0.0249. The van der Waals surface area contributed by atoms with Gasteiger partial charge in [-0.15, -0.1) is 0 Å². The van der Waals surface area contributed by atoms with E-state index in [2.05, 4.69) is 26.3 Å². The highest BCUT2D eigenvalue weighted by atomic mass is 35.5. The molecule has 0 saturated heterocycles. The van der Waals surface area contributed by atoms with Crippen LogP contribution in [0.1, 0.15) is 143 Å². The van der Waals surface area contributed by atoms with Gasteiger partial charge in [0.05, 0.1) is 104 Å². The first-order valence-corrected chi connectivity index (χ1v) is 39.0. The highest BCUT2D eigenvalue weighted by Gasteiger charge is 2.27. The number of anilines is 2. The second kappa shape index (κ2) is 45.8. The number of esters is 2. The predicted molar refractivity (Wildman–Crippen MR) is 450 cm³/mol. The molecule has 630 valence electrons. The van der Waals surface area contributed by atoms with Crippen molar-refractivity contribution in [3.63, 3.8) is 0 Å². The Kier molecular flexibility index (Phi) is 36.0. The number of hydrogen-bond acceptors (Lipinski definition) is 21. The zero-order chi connectivity index (χ0) is 86.3.